The largest absolute Gasteiger partial charge is 0.508 e. The molecule has 0 bridgehead atoms. The highest BCUT2D eigenvalue weighted by molar-refractivity contribution is 7.45. The molecule has 0 spiro atoms. The standard InChI is InChI=1S/C6H15NO3.C6H6O.H3O4P/c8-4-1-7(2-5-9)3-6-10;7-6-4-2-1-3-5-6;1-5(2,3)4/h8-10H,1-6H2;1-5,7H;(H3,1,2,3,4). The average Bonchev–Trinajstić information content (AvgIpc) is 2.39. The number of aliphatic hydroxyl groups is 3. The predicted octanol–water partition coefficient (Wildman–Crippen LogP) is -1.27. The lowest BCUT2D eigenvalue weighted by atomic mass is 10.3. The molecule has 0 fully saturated rings. The molecule has 0 radical (unpaired) electrons. The van der Waals surface area contributed by atoms with Gasteiger partial charge in [-0.05, 0) is 12.1 Å². The summed E-state index contributed by atoms with van der Waals surface area (Å²) in [5.74, 6) is 0.322. The Kier molecular flexibility index (Phi) is 15.7. The molecule has 0 saturated carbocycles. The zero-order valence-electron chi connectivity index (χ0n) is 12.1. The number of hydrogen-bond donors (Lipinski definition) is 7. The molecule has 130 valence electrons. The fraction of sp³-hybridized carbons (Fsp3) is 0.500. The molecular formula is C12H24NO8P. The van der Waals surface area contributed by atoms with E-state index in [1.807, 2.05) is 6.07 Å². The van der Waals surface area contributed by atoms with Gasteiger partial charge in [-0.15, -0.1) is 0 Å². The third kappa shape index (κ3) is 24.0. The number of phenols is 1. The number of benzene rings is 1. The van der Waals surface area contributed by atoms with Crippen molar-refractivity contribution in [1.82, 2.24) is 4.90 Å². The van der Waals surface area contributed by atoms with E-state index in [9.17, 15) is 0 Å². The van der Waals surface area contributed by atoms with Crippen molar-refractivity contribution in [2.45, 2.75) is 0 Å². The van der Waals surface area contributed by atoms with E-state index in [1.54, 1.807) is 29.2 Å². The predicted molar refractivity (Wildman–Crippen MR) is 80.1 cm³/mol. The lowest BCUT2D eigenvalue weighted by molar-refractivity contribution is 0.136. The Balaban J connectivity index is 0. The Bertz CT molecular complexity index is 363. The van der Waals surface area contributed by atoms with Gasteiger partial charge in [-0.2, -0.15) is 0 Å². The van der Waals surface area contributed by atoms with E-state index in [2.05, 4.69) is 0 Å². The molecule has 22 heavy (non-hydrogen) atoms. The van der Waals surface area contributed by atoms with Crippen LogP contribution in [0.4, 0.5) is 0 Å². The van der Waals surface area contributed by atoms with E-state index in [4.69, 9.17) is 39.7 Å². The van der Waals surface area contributed by atoms with Crippen LogP contribution in [-0.4, -0.2) is 79.5 Å². The highest BCUT2D eigenvalue weighted by Crippen LogP contribution is 2.25. The molecule has 0 atom stereocenters. The molecule has 0 aromatic heterocycles. The van der Waals surface area contributed by atoms with Crippen LogP contribution in [-0.2, 0) is 4.57 Å². The van der Waals surface area contributed by atoms with Crippen molar-refractivity contribution in [3.63, 3.8) is 0 Å². The summed E-state index contributed by atoms with van der Waals surface area (Å²) in [4.78, 5) is 23.4. The van der Waals surface area contributed by atoms with Crippen LogP contribution in [0.25, 0.3) is 0 Å². The van der Waals surface area contributed by atoms with E-state index in [-0.39, 0.29) is 19.8 Å². The number of phenolic OH excluding ortho intramolecular Hbond substituents is 1. The number of hydrogen-bond acceptors (Lipinski definition) is 6. The van der Waals surface area contributed by atoms with Crippen molar-refractivity contribution in [3.05, 3.63) is 30.3 Å². The molecule has 7 N–H and O–H groups in total. The summed E-state index contributed by atoms with van der Waals surface area (Å²) in [5.41, 5.74) is 0. The van der Waals surface area contributed by atoms with Gasteiger partial charge in [0.1, 0.15) is 5.75 Å². The van der Waals surface area contributed by atoms with Crippen LogP contribution in [0.3, 0.4) is 0 Å². The molecular weight excluding hydrogens is 317 g/mol. The fourth-order valence-corrected chi connectivity index (χ4v) is 1.19. The maximum absolute atomic E-state index is 8.88. The Morgan fingerprint density at radius 1 is 0.818 bits per heavy atom. The minimum absolute atomic E-state index is 0.0694. The summed E-state index contributed by atoms with van der Waals surface area (Å²) in [6.45, 7) is 1.75. The van der Waals surface area contributed by atoms with Crippen LogP contribution in [0, 0.1) is 0 Å². The Morgan fingerprint density at radius 2 is 1.14 bits per heavy atom. The normalized spacial score (nSPS) is 10.3. The van der Waals surface area contributed by atoms with Crippen LogP contribution in [0.1, 0.15) is 0 Å². The molecule has 9 nitrogen and oxygen atoms in total. The van der Waals surface area contributed by atoms with Crippen LogP contribution < -0.4 is 0 Å². The highest BCUT2D eigenvalue weighted by atomic mass is 31.2. The number of rotatable bonds is 6. The van der Waals surface area contributed by atoms with Gasteiger partial charge >= 0.3 is 7.82 Å². The first-order valence-corrected chi connectivity index (χ1v) is 7.88. The molecule has 0 aliphatic heterocycles. The van der Waals surface area contributed by atoms with E-state index in [0.29, 0.717) is 25.4 Å². The number of aliphatic hydroxyl groups excluding tert-OH is 3. The molecule has 0 heterocycles. The first-order valence-electron chi connectivity index (χ1n) is 6.31. The molecule has 0 unspecified atom stereocenters. The molecule has 1 rings (SSSR count). The first-order chi connectivity index (χ1) is 10.2. The third-order valence-corrected chi connectivity index (χ3v) is 2.00. The lowest BCUT2D eigenvalue weighted by Gasteiger charge is -2.17. The second-order valence-electron chi connectivity index (χ2n) is 3.86. The third-order valence-electron chi connectivity index (χ3n) is 2.00. The topological polar surface area (TPSA) is 162 Å². The van der Waals surface area contributed by atoms with Gasteiger partial charge < -0.3 is 35.1 Å². The number of phosphoric acid groups is 1. The molecule has 10 heteroatoms. The number of nitrogens with zero attached hydrogens (tertiary/aromatic N) is 1. The lowest BCUT2D eigenvalue weighted by Crippen LogP contribution is -2.32. The van der Waals surface area contributed by atoms with Gasteiger partial charge in [-0.1, -0.05) is 18.2 Å². The van der Waals surface area contributed by atoms with Gasteiger partial charge in [0, 0.05) is 19.6 Å². The van der Waals surface area contributed by atoms with Crippen molar-refractivity contribution >= 4 is 7.82 Å². The smallest absolute Gasteiger partial charge is 0.466 e. The maximum Gasteiger partial charge on any atom is 0.466 e. The maximum atomic E-state index is 8.88. The Morgan fingerprint density at radius 3 is 1.32 bits per heavy atom. The SMILES string of the molecule is O=P(O)(O)O.OCCN(CCO)CCO.Oc1ccccc1. The summed E-state index contributed by atoms with van der Waals surface area (Å²) < 4.78 is 8.88. The molecule has 0 aliphatic carbocycles. The second-order valence-corrected chi connectivity index (χ2v) is 4.89. The molecule has 0 saturated heterocycles. The second kappa shape index (κ2) is 14.9. The van der Waals surface area contributed by atoms with E-state index < -0.39 is 7.82 Å². The van der Waals surface area contributed by atoms with Gasteiger partial charge in [-0.25, -0.2) is 4.57 Å². The van der Waals surface area contributed by atoms with E-state index in [0.717, 1.165) is 0 Å². The minimum atomic E-state index is -4.64. The van der Waals surface area contributed by atoms with Crippen LogP contribution in [0.2, 0.25) is 0 Å². The zero-order valence-corrected chi connectivity index (χ0v) is 13.0. The van der Waals surface area contributed by atoms with Crippen molar-refractivity contribution < 1.29 is 39.7 Å². The fourth-order valence-electron chi connectivity index (χ4n) is 1.19. The van der Waals surface area contributed by atoms with Crippen molar-refractivity contribution in [2.75, 3.05) is 39.5 Å². The Hall–Kier alpha value is -1.03. The first kappa shape index (κ1) is 23.2. The van der Waals surface area contributed by atoms with Crippen molar-refractivity contribution in [3.8, 4) is 5.75 Å². The van der Waals surface area contributed by atoms with E-state index in [1.165, 1.54) is 0 Å². The molecule has 1 aromatic rings. The molecule has 0 amide bonds. The Labute approximate surface area is 129 Å². The quantitative estimate of drug-likeness (QED) is 0.313. The van der Waals surface area contributed by atoms with Crippen LogP contribution in [0.15, 0.2) is 30.3 Å². The van der Waals surface area contributed by atoms with Crippen molar-refractivity contribution in [2.24, 2.45) is 0 Å². The van der Waals surface area contributed by atoms with Crippen LogP contribution in [0.5, 0.6) is 5.75 Å². The number of para-hydroxylation sites is 1. The highest BCUT2D eigenvalue weighted by Gasteiger charge is 2.00. The average molecular weight is 341 g/mol. The summed E-state index contributed by atoms with van der Waals surface area (Å²) >= 11 is 0. The van der Waals surface area contributed by atoms with Gasteiger partial charge in [0.2, 0.25) is 0 Å². The number of aromatic hydroxyl groups is 1. The van der Waals surface area contributed by atoms with Gasteiger partial charge in [0.15, 0.2) is 0 Å². The minimum Gasteiger partial charge on any atom is -0.508 e. The van der Waals surface area contributed by atoms with Gasteiger partial charge in [0.05, 0.1) is 19.8 Å². The van der Waals surface area contributed by atoms with Crippen LogP contribution >= 0.6 is 7.82 Å². The summed E-state index contributed by atoms with van der Waals surface area (Å²) in [6.07, 6.45) is 0. The summed E-state index contributed by atoms with van der Waals surface area (Å²) in [7, 11) is -4.64. The van der Waals surface area contributed by atoms with E-state index >= 15 is 0 Å². The summed E-state index contributed by atoms with van der Waals surface area (Å²) in [5, 5.41) is 34.1. The summed E-state index contributed by atoms with van der Waals surface area (Å²) in [6, 6.07) is 8.71. The molecule has 0 aliphatic rings. The van der Waals surface area contributed by atoms with Gasteiger partial charge in [0.25, 0.3) is 0 Å². The molecule has 1 aromatic carbocycles. The van der Waals surface area contributed by atoms with Crippen molar-refractivity contribution in [1.29, 1.82) is 0 Å². The zero-order chi connectivity index (χ0) is 17.4. The van der Waals surface area contributed by atoms with Gasteiger partial charge in [-0.3, -0.25) is 4.90 Å². The monoisotopic (exact) mass is 341 g/mol.